The van der Waals surface area contributed by atoms with Crippen LogP contribution in [0.4, 0.5) is 0 Å². The molecule has 0 aliphatic carbocycles. The summed E-state index contributed by atoms with van der Waals surface area (Å²) in [4.78, 5) is 10.00. The second-order valence-corrected chi connectivity index (χ2v) is 8.05. The molecular formula is C22H39N5O2. The van der Waals surface area contributed by atoms with Gasteiger partial charge in [0.2, 0.25) is 0 Å². The molecule has 0 bridgehead atoms. The Bertz CT molecular complexity index is 586. The van der Waals surface area contributed by atoms with Crippen LogP contribution >= 0.6 is 0 Å². The predicted octanol–water partition coefficient (Wildman–Crippen LogP) is 2.47. The number of methoxy groups -OCH3 is 1. The highest BCUT2D eigenvalue weighted by Gasteiger charge is 2.26. The largest absolute Gasteiger partial charge is 0.468 e. The second-order valence-electron chi connectivity index (χ2n) is 8.05. The maximum atomic E-state index is 5.76. The molecular weight excluding hydrogens is 366 g/mol. The van der Waals surface area contributed by atoms with E-state index in [-0.39, 0.29) is 6.04 Å². The zero-order valence-electron chi connectivity index (χ0n) is 18.2. The summed E-state index contributed by atoms with van der Waals surface area (Å²) in [5.41, 5.74) is 0. The number of ether oxygens (including phenoxy) is 1. The van der Waals surface area contributed by atoms with Crippen molar-refractivity contribution in [3.8, 4) is 0 Å². The summed E-state index contributed by atoms with van der Waals surface area (Å²) in [5.74, 6) is 1.92. The first-order valence-corrected chi connectivity index (χ1v) is 11.3. The highest BCUT2D eigenvalue weighted by atomic mass is 16.5. The smallest absolute Gasteiger partial charge is 0.191 e. The number of nitrogens with one attached hydrogen (secondary N) is 2. The van der Waals surface area contributed by atoms with Gasteiger partial charge in [-0.15, -0.1) is 0 Å². The van der Waals surface area contributed by atoms with Crippen molar-refractivity contribution in [3.05, 3.63) is 24.2 Å². The van der Waals surface area contributed by atoms with Crippen LogP contribution in [0, 0.1) is 0 Å². The Labute approximate surface area is 175 Å². The van der Waals surface area contributed by atoms with Crippen LogP contribution in [0.3, 0.4) is 0 Å². The van der Waals surface area contributed by atoms with Gasteiger partial charge in [-0.2, -0.15) is 0 Å². The molecule has 7 heteroatoms. The van der Waals surface area contributed by atoms with Gasteiger partial charge in [-0.3, -0.25) is 14.8 Å². The first-order valence-electron chi connectivity index (χ1n) is 11.3. The Kier molecular flexibility index (Phi) is 9.31. The van der Waals surface area contributed by atoms with Gasteiger partial charge < -0.3 is 19.8 Å². The summed E-state index contributed by atoms with van der Waals surface area (Å²) < 4.78 is 11.0. The highest BCUT2D eigenvalue weighted by molar-refractivity contribution is 5.79. The first kappa shape index (κ1) is 22.1. The van der Waals surface area contributed by atoms with Crippen LogP contribution in [0.15, 0.2) is 27.8 Å². The fraction of sp³-hybridized carbons (Fsp3) is 0.773. The molecule has 0 amide bonds. The van der Waals surface area contributed by atoms with Gasteiger partial charge in [-0.25, -0.2) is 0 Å². The number of furan rings is 1. The molecule has 2 atom stereocenters. The fourth-order valence-electron chi connectivity index (χ4n) is 4.46. The Hall–Kier alpha value is -1.57. The molecule has 164 valence electrons. The molecule has 2 aliphatic heterocycles. The average Bonchev–Trinajstić information content (AvgIpc) is 3.43. The van der Waals surface area contributed by atoms with Gasteiger partial charge in [0.05, 0.1) is 25.5 Å². The molecule has 0 radical (unpaired) electrons. The van der Waals surface area contributed by atoms with Gasteiger partial charge in [0, 0.05) is 32.8 Å². The van der Waals surface area contributed by atoms with Crippen molar-refractivity contribution in [2.24, 2.45) is 4.99 Å². The molecule has 2 N–H and O–H groups in total. The van der Waals surface area contributed by atoms with E-state index in [1.807, 2.05) is 6.07 Å². The zero-order chi connectivity index (χ0) is 20.3. The molecule has 0 spiro atoms. The van der Waals surface area contributed by atoms with Crippen LogP contribution < -0.4 is 10.6 Å². The number of rotatable bonds is 10. The van der Waals surface area contributed by atoms with E-state index >= 15 is 0 Å². The molecule has 1 aromatic rings. The number of hydrogen-bond acceptors (Lipinski definition) is 5. The van der Waals surface area contributed by atoms with E-state index in [0.717, 1.165) is 51.1 Å². The SMILES string of the molecule is CCNC(=NCC(c1ccco1)N1CCCCC1)NCC1CCCN1CCOC. The summed E-state index contributed by atoms with van der Waals surface area (Å²) in [6.07, 6.45) is 8.12. The Balaban J connectivity index is 1.59. The molecule has 0 aromatic carbocycles. The van der Waals surface area contributed by atoms with Crippen LogP contribution in [0.2, 0.25) is 0 Å². The summed E-state index contributed by atoms with van der Waals surface area (Å²) in [7, 11) is 1.77. The van der Waals surface area contributed by atoms with Gasteiger partial charge in [0.15, 0.2) is 5.96 Å². The van der Waals surface area contributed by atoms with Crippen LogP contribution in [0.5, 0.6) is 0 Å². The molecule has 29 heavy (non-hydrogen) atoms. The van der Waals surface area contributed by atoms with Crippen LogP contribution in [0.25, 0.3) is 0 Å². The van der Waals surface area contributed by atoms with Crippen LogP contribution in [-0.2, 0) is 4.74 Å². The number of likely N-dealkylation sites (tertiary alicyclic amines) is 2. The van der Waals surface area contributed by atoms with Crippen molar-refractivity contribution in [1.82, 2.24) is 20.4 Å². The van der Waals surface area contributed by atoms with E-state index in [1.54, 1.807) is 13.4 Å². The second kappa shape index (κ2) is 12.2. The van der Waals surface area contributed by atoms with Crippen LogP contribution in [-0.4, -0.2) is 81.3 Å². The number of aliphatic imine (C=N–C) groups is 1. The standard InChI is InChI=1S/C22H39N5O2/c1-3-23-22(24-17-19-9-7-13-26(19)14-16-28-2)25-18-20(21-10-8-15-29-21)27-11-5-4-6-12-27/h8,10,15,19-20H,3-7,9,11-14,16-18H2,1-2H3,(H2,23,24,25). The Morgan fingerprint density at radius 3 is 2.83 bits per heavy atom. The highest BCUT2D eigenvalue weighted by Crippen LogP contribution is 2.25. The van der Waals surface area contributed by atoms with E-state index in [2.05, 4.69) is 33.4 Å². The van der Waals surface area contributed by atoms with E-state index in [4.69, 9.17) is 14.1 Å². The summed E-state index contributed by atoms with van der Waals surface area (Å²) in [6.45, 7) is 9.83. The van der Waals surface area contributed by atoms with Crippen LogP contribution in [0.1, 0.15) is 50.8 Å². The van der Waals surface area contributed by atoms with Gasteiger partial charge >= 0.3 is 0 Å². The minimum Gasteiger partial charge on any atom is -0.468 e. The van der Waals surface area contributed by atoms with Crippen molar-refractivity contribution in [2.45, 2.75) is 51.1 Å². The molecule has 3 rings (SSSR count). The lowest BCUT2D eigenvalue weighted by Crippen LogP contribution is -2.46. The molecule has 0 saturated carbocycles. The van der Waals surface area contributed by atoms with Crippen molar-refractivity contribution in [2.75, 3.05) is 59.5 Å². The lowest BCUT2D eigenvalue weighted by molar-refractivity contribution is 0.141. The molecule has 2 aliphatic rings. The molecule has 1 aromatic heterocycles. The lowest BCUT2D eigenvalue weighted by atomic mass is 10.1. The topological polar surface area (TPSA) is 65.3 Å². The Morgan fingerprint density at radius 2 is 2.10 bits per heavy atom. The quantitative estimate of drug-likeness (QED) is 0.461. The third kappa shape index (κ3) is 6.73. The van der Waals surface area contributed by atoms with E-state index in [0.29, 0.717) is 12.6 Å². The predicted molar refractivity (Wildman–Crippen MR) is 117 cm³/mol. The van der Waals surface area contributed by atoms with E-state index < -0.39 is 0 Å². The monoisotopic (exact) mass is 405 g/mol. The zero-order valence-corrected chi connectivity index (χ0v) is 18.2. The van der Waals surface area contributed by atoms with E-state index in [1.165, 1.54) is 38.6 Å². The van der Waals surface area contributed by atoms with Crippen molar-refractivity contribution in [1.29, 1.82) is 0 Å². The number of nitrogens with zero attached hydrogens (tertiary/aromatic N) is 3. The summed E-state index contributed by atoms with van der Waals surface area (Å²) >= 11 is 0. The number of guanidine groups is 1. The van der Waals surface area contributed by atoms with Crippen molar-refractivity contribution >= 4 is 5.96 Å². The van der Waals surface area contributed by atoms with Gasteiger partial charge in [0.1, 0.15) is 5.76 Å². The number of hydrogen-bond donors (Lipinski definition) is 2. The maximum Gasteiger partial charge on any atom is 0.191 e. The van der Waals surface area contributed by atoms with Crippen molar-refractivity contribution < 1.29 is 9.15 Å². The maximum absolute atomic E-state index is 5.76. The first-order chi connectivity index (χ1) is 14.3. The third-order valence-electron chi connectivity index (χ3n) is 6.06. The average molecular weight is 406 g/mol. The molecule has 2 saturated heterocycles. The third-order valence-corrected chi connectivity index (χ3v) is 6.06. The Morgan fingerprint density at radius 1 is 1.24 bits per heavy atom. The van der Waals surface area contributed by atoms with E-state index in [9.17, 15) is 0 Å². The van der Waals surface area contributed by atoms with Gasteiger partial charge in [0.25, 0.3) is 0 Å². The van der Waals surface area contributed by atoms with Gasteiger partial charge in [-0.1, -0.05) is 6.42 Å². The number of piperidine rings is 1. The fourth-order valence-corrected chi connectivity index (χ4v) is 4.46. The van der Waals surface area contributed by atoms with Crippen molar-refractivity contribution in [3.63, 3.8) is 0 Å². The molecule has 3 heterocycles. The molecule has 2 fully saturated rings. The lowest BCUT2D eigenvalue weighted by Gasteiger charge is -2.32. The molecule has 7 nitrogen and oxygen atoms in total. The minimum absolute atomic E-state index is 0.213. The van der Waals surface area contributed by atoms with Gasteiger partial charge in [-0.05, 0) is 64.4 Å². The normalized spacial score (nSPS) is 22.7. The minimum atomic E-state index is 0.213. The molecule has 2 unspecified atom stereocenters. The summed E-state index contributed by atoms with van der Waals surface area (Å²) in [5, 5.41) is 6.99. The summed E-state index contributed by atoms with van der Waals surface area (Å²) in [6, 6.07) is 4.83.